The van der Waals surface area contributed by atoms with Gasteiger partial charge in [-0.05, 0) is 51.1 Å². The van der Waals surface area contributed by atoms with Gasteiger partial charge in [-0.1, -0.05) is 19.8 Å². The summed E-state index contributed by atoms with van der Waals surface area (Å²) < 4.78 is 0. The van der Waals surface area contributed by atoms with E-state index in [4.69, 9.17) is 0 Å². The molecule has 2 rings (SSSR count). The standard InChI is InChI=1S/C15H28N2O/c1-3-15(8-4-5-9-15)14(18)17(2)12-13-7-6-10-16-11-13/h13,16H,3-12H2,1-2H3. The lowest BCUT2D eigenvalue weighted by molar-refractivity contribution is -0.141. The molecule has 1 aliphatic heterocycles. The lowest BCUT2D eigenvalue weighted by atomic mass is 9.81. The fourth-order valence-electron chi connectivity index (χ4n) is 3.73. The minimum absolute atomic E-state index is 0.0170. The zero-order chi connectivity index (χ0) is 13.0. The van der Waals surface area contributed by atoms with Crippen LogP contribution < -0.4 is 5.32 Å². The van der Waals surface area contributed by atoms with Crippen LogP contribution in [0.3, 0.4) is 0 Å². The van der Waals surface area contributed by atoms with Gasteiger partial charge in [0.15, 0.2) is 0 Å². The monoisotopic (exact) mass is 252 g/mol. The van der Waals surface area contributed by atoms with Crippen LogP contribution in [0.25, 0.3) is 0 Å². The van der Waals surface area contributed by atoms with E-state index in [0.717, 1.165) is 38.9 Å². The van der Waals surface area contributed by atoms with E-state index in [0.29, 0.717) is 11.8 Å². The number of nitrogens with zero attached hydrogens (tertiary/aromatic N) is 1. The molecule has 1 saturated heterocycles. The van der Waals surface area contributed by atoms with Crippen molar-refractivity contribution >= 4 is 5.91 Å². The van der Waals surface area contributed by atoms with Crippen LogP contribution in [0.5, 0.6) is 0 Å². The minimum Gasteiger partial charge on any atom is -0.345 e. The smallest absolute Gasteiger partial charge is 0.228 e. The van der Waals surface area contributed by atoms with Crippen LogP contribution in [0, 0.1) is 11.3 Å². The third-order valence-corrected chi connectivity index (χ3v) is 4.97. The second-order valence-electron chi connectivity index (χ2n) is 6.24. The maximum atomic E-state index is 12.7. The van der Waals surface area contributed by atoms with Gasteiger partial charge in [0.2, 0.25) is 5.91 Å². The molecule has 1 atom stereocenters. The van der Waals surface area contributed by atoms with E-state index in [9.17, 15) is 4.79 Å². The molecule has 1 aliphatic carbocycles. The molecular formula is C15H28N2O. The van der Waals surface area contributed by atoms with Gasteiger partial charge in [-0.2, -0.15) is 0 Å². The first-order chi connectivity index (χ1) is 8.68. The summed E-state index contributed by atoms with van der Waals surface area (Å²) in [6.07, 6.45) is 8.22. The molecule has 0 spiro atoms. The molecule has 1 amide bonds. The van der Waals surface area contributed by atoms with Crippen molar-refractivity contribution in [2.75, 3.05) is 26.7 Å². The molecular weight excluding hydrogens is 224 g/mol. The molecule has 0 bridgehead atoms. The molecule has 3 heteroatoms. The van der Waals surface area contributed by atoms with E-state index in [1.165, 1.54) is 25.7 Å². The molecule has 0 aromatic carbocycles. The molecule has 0 aromatic heterocycles. The first-order valence-corrected chi connectivity index (χ1v) is 7.64. The second-order valence-corrected chi connectivity index (χ2v) is 6.24. The maximum absolute atomic E-state index is 12.7. The Morgan fingerprint density at radius 1 is 1.33 bits per heavy atom. The molecule has 1 heterocycles. The Hall–Kier alpha value is -0.570. The van der Waals surface area contributed by atoms with E-state index in [-0.39, 0.29) is 5.41 Å². The van der Waals surface area contributed by atoms with Gasteiger partial charge >= 0.3 is 0 Å². The summed E-state index contributed by atoms with van der Waals surface area (Å²) in [4.78, 5) is 14.7. The van der Waals surface area contributed by atoms with E-state index >= 15 is 0 Å². The van der Waals surface area contributed by atoms with Crippen molar-refractivity contribution in [3.63, 3.8) is 0 Å². The van der Waals surface area contributed by atoms with Crippen LogP contribution in [-0.2, 0) is 4.79 Å². The number of hydrogen-bond acceptors (Lipinski definition) is 2. The van der Waals surface area contributed by atoms with Crippen molar-refractivity contribution in [1.29, 1.82) is 0 Å². The Labute approximate surface area is 111 Å². The Kier molecular flexibility index (Phi) is 4.66. The Morgan fingerprint density at radius 2 is 2.06 bits per heavy atom. The summed E-state index contributed by atoms with van der Waals surface area (Å²) in [5.74, 6) is 1.07. The van der Waals surface area contributed by atoms with Crippen molar-refractivity contribution in [2.24, 2.45) is 11.3 Å². The lowest BCUT2D eigenvalue weighted by Gasteiger charge is -2.34. The predicted molar refractivity (Wildman–Crippen MR) is 74.4 cm³/mol. The highest BCUT2D eigenvalue weighted by molar-refractivity contribution is 5.82. The van der Waals surface area contributed by atoms with Gasteiger partial charge in [-0.3, -0.25) is 4.79 Å². The molecule has 104 valence electrons. The van der Waals surface area contributed by atoms with Crippen LogP contribution in [0.2, 0.25) is 0 Å². The summed E-state index contributed by atoms with van der Waals surface area (Å²) in [5.41, 5.74) is -0.0170. The summed E-state index contributed by atoms with van der Waals surface area (Å²) in [6, 6.07) is 0. The van der Waals surface area contributed by atoms with Crippen molar-refractivity contribution in [3.8, 4) is 0 Å². The summed E-state index contributed by atoms with van der Waals surface area (Å²) in [6.45, 7) is 5.34. The van der Waals surface area contributed by atoms with E-state index in [1.807, 2.05) is 11.9 Å². The number of piperidine rings is 1. The molecule has 3 nitrogen and oxygen atoms in total. The Bertz CT molecular complexity index is 278. The third kappa shape index (κ3) is 2.87. The van der Waals surface area contributed by atoms with Crippen molar-refractivity contribution in [3.05, 3.63) is 0 Å². The van der Waals surface area contributed by atoms with Gasteiger partial charge in [0, 0.05) is 19.0 Å². The normalized spacial score (nSPS) is 27.1. The van der Waals surface area contributed by atoms with Crippen molar-refractivity contribution < 1.29 is 4.79 Å². The highest BCUT2D eigenvalue weighted by Gasteiger charge is 2.41. The fraction of sp³-hybridized carbons (Fsp3) is 0.933. The summed E-state index contributed by atoms with van der Waals surface area (Å²) in [5, 5.41) is 3.43. The van der Waals surface area contributed by atoms with Gasteiger partial charge in [0.05, 0.1) is 0 Å². The Morgan fingerprint density at radius 3 is 2.61 bits per heavy atom. The number of carbonyl (C=O) groups excluding carboxylic acids is 1. The quantitative estimate of drug-likeness (QED) is 0.833. The molecule has 0 radical (unpaired) electrons. The van der Waals surface area contributed by atoms with Crippen molar-refractivity contribution in [2.45, 2.75) is 51.9 Å². The highest BCUT2D eigenvalue weighted by atomic mass is 16.2. The van der Waals surface area contributed by atoms with E-state index in [1.54, 1.807) is 0 Å². The van der Waals surface area contributed by atoms with Gasteiger partial charge in [0.25, 0.3) is 0 Å². The third-order valence-electron chi connectivity index (χ3n) is 4.97. The van der Waals surface area contributed by atoms with E-state index < -0.39 is 0 Å². The van der Waals surface area contributed by atoms with Crippen LogP contribution >= 0.6 is 0 Å². The van der Waals surface area contributed by atoms with Crippen molar-refractivity contribution in [1.82, 2.24) is 10.2 Å². The summed E-state index contributed by atoms with van der Waals surface area (Å²) >= 11 is 0. The zero-order valence-electron chi connectivity index (χ0n) is 12.0. The molecule has 1 unspecified atom stereocenters. The molecule has 1 saturated carbocycles. The number of nitrogens with one attached hydrogen (secondary N) is 1. The zero-order valence-corrected chi connectivity index (χ0v) is 12.0. The minimum atomic E-state index is -0.0170. The van der Waals surface area contributed by atoms with Crippen LogP contribution in [0.15, 0.2) is 0 Å². The number of rotatable bonds is 4. The van der Waals surface area contributed by atoms with Gasteiger partial charge < -0.3 is 10.2 Å². The Balaban J connectivity index is 1.90. The topological polar surface area (TPSA) is 32.3 Å². The number of carbonyl (C=O) groups is 1. The lowest BCUT2D eigenvalue weighted by Crippen LogP contribution is -2.44. The fourth-order valence-corrected chi connectivity index (χ4v) is 3.73. The molecule has 18 heavy (non-hydrogen) atoms. The van der Waals surface area contributed by atoms with Gasteiger partial charge in [-0.15, -0.1) is 0 Å². The van der Waals surface area contributed by atoms with Gasteiger partial charge in [0.1, 0.15) is 0 Å². The van der Waals surface area contributed by atoms with Crippen LogP contribution in [0.4, 0.5) is 0 Å². The highest BCUT2D eigenvalue weighted by Crippen LogP contribution is 2.42. The number of amides is 1. The average molecular weight is 252 g/mol. The number of hydrogen-bond donors (Lipinski definition) is 1. The first-order valence-electron chi connectivity index (χ1n) is 7.64. The molecule has 0 aromatic rings. The van der Waals surface area contributed by atoms with Crippen LogP contribution in [-0.4, -0.2) is 37.5 Å². The first kappa shape index (κ1) is 13.9. The van der Waals surface area contributed by atoms with E-state index in [2.05, 4.69) is 12.2 Å². The van der Waals surface area contributed by atoms with Crippen LogP contribution in [0.1, 0.15) is 51.9 Å². The second kappa shape index (κ2) is 6.05. The maximum Gasteiger partial charge on any atom is 0.228 e. The predicted octanol–water partition coefficient (Wildman–Crippen LogP) is 2.41. The molecule has 2 aliphatic rings. The summed E-state index contributed by atoms with van der Waals surface area (Å²) in [7, 11) is 2.01. The van der Waals surface area contributed by atoms with Gasteiger partial charge in [-0.25, -0.2) is 0 Å². The SMILES string of the molecule is CCC1(C(=O)N(C)CC2CCCNC2)CCCC1. The molecule has 1 N–H and O–H groups in total. The average Bonchev–Trinajstić information content (AvgIpc) is 2.89. The molecule has 2 fully saturated rings. The largest absolute Gasteiger partial charge is 0.345 e.